The second-order valence-corrected chi connectivity index (χ2v) is 8.06. The number of carboxylic acid groups (broad SMARTS) is 1. The van der Waals surface area contributed by atoms with Crippen LogP contribution >= 0.6 is 11.6 Å². The van der Waals surface area contributed by atoms with Crippen LogP contribution in [0.15, 0.2) is 23.1 Å². The van der Waals surface area contributed by atoms with Crippen molar-refractivity contribution in [1.82, 2.24) is 4.31 Å². The Morgan fingerprint density at radius 3 is 2.38 bits per heavy atom. The molecule has 0 aliphatic carbocycles. The summed E-state index contributed by atoms with van der Waals surface area (Å²) >= 11 is 5.78. The minimum absolute atomic E-state index is 0.0226. The Labute approximate surface area is 129 Å². The van der Waals surface area contributed by atoms with E-state index in [4.69, 9.17) is 16.7 Å². The lowest BCUT2D eigenvalue weighted by atomic mass is 9.94. The van der Waals surface area contributed by atoms with Crippen molar-refractivity contribution in [1.29, 1.82) is 0 Å². The van der Waals surface area contributed by atoms with Crippen LogP contribution in [-0.2, 0) is 10.0 Å². The summed E-state index contributed by atoms with van der Waals surface area (Å²) in [6, 6.07) is 3.80. The fourth-order valence-electron chi connectivity index (χ4n) is 2.78. The summed E-state index contributed by atoms with van der Waals surface area (Å²) < 4.78 is 26.7. The predicted octanol–water partition coefficient (Wildman–Crippen LogP) is 2.70. The molecule has 0 aromatic heterocycles. The lowest BCUT2D eigenvalue weighted by Gasteiger charge is -2.34. The highest BCUT2D eigenvalue weighted by molar-refractivity contribution is 7.89. The molecule has 0 amide bonds. The quantitative estimate of drug-likeness (QED) is 0.924. The molecule has 1 saturated heterocycles. The highest BCUT2D eigenvalue weighted by Crippen LogP contribution is 2.28. The van der Waals surface area contributed by atoms with E-state index in [2.05, 4.69) is 0 Å². The second-order valence-electron chi connectivity index (χ2n) is 5.71. The van der Waals surface area contributed by atoms with Crippen molar-refractivity contribution in [3.63, 3.8) is 0 Å². The Morgan fingerprint density at radius 1 is 1.29 bits per heavy atom. The average Bonchev–Trinajstić information content (AvgIpc) is 2.37. The summed E-state index contributed by atoms with van der Waals surface area (Å²) in [5.41, 5.74) is -0.198. The van der Waals surface area contributed by atoms with Crippen molar-refractivity contribution in [2.24, 2.45) is 11.8 Å². The Kier molecular flexibility index (Phi) is 4.60. The maximum Gasteiger partial charge on any atom is 0.337 e. The number of halogens is 1. The number of aromatic carboxylic acids is 1. The molecule has 0 saturated carbocycles. The van der Waals surface area contributed by atoms with E-state index in [0.717, 1.165) is 12.5 Å². The highest BCUT2D eigenvalue weighted by Gasteiger charge is 2.32. The van der Waals surface area contributed by atoms with E-state index < -0.39 is 16.0 Å². The number of carbonyl (C=O) groups is 1. The maximum absolute atomic E-state index is 12.7. The van der Waals surface area contributed by atoms with Crippen LogP contribution in [0.2, 0.25) is 5.02 Å². The van der Waals surface area contributed by atoms with Gasteiger partial charge < -0.3 is 5.11 Å². The number of hydrogen-bond acceptors (Lipinski definition) is 3. The molecule has 0 unspecified atom stereocenters. The Hall–Kier alpha value is -1.11. The van der Waals surface area contributed by atoms with Crippen LogP contribution in [0.5, 0.6) is 0 Å². The summed E-state index contributed by atoms with van der Waals surface area (Å²) in [4.78, 5) is 11.1. The van der Waals surface area contributed by atoms with Crippen molar-refractivity contribution in [2.75, 3.05) is 13.1 Å². The zero-order chi connectivity index (χ0) is 15.8. The van der Waals surface area contributed by atoms with Crippen molar-refractivity contribution in [3.8, 4) is 0 Å². The lowest BCUT2D eigenvalue weighted by molar-refractivity contribution is 0.0697. The van der Waals surface area contributed by atoms with Gasteiger partial charge in [0.15, 0.2) is 0 Å². The number of benzene rings is 1. The van der Waals surface area contributed by atoms with E-state index in [1.165, 1.54) is 16.4 Å². The summed E-state index contributed by atoms with van der Waals surface area (Å²) in [5, 5.41) is 9.09. The van der Waals surface area contributed by atoms with E-state index >= 15 is 0 Å². The van der Waals surface area contributed by atoms with Crippen LogP contribution < -0.4 is 0 Å². The van der Waals surface area contributed by atoms with E-state index in [9.17, 15) is 13.2 Å². The second kappa shape index (κ2) is 5.94. The van der Waals surface area contributed by atoms with Crippen LogP contribution in [0.1, 0.15) is 30.6 Å². The van der Waals surface area contributed by atoms with E-state index in [1.54, 1.807) is 0 Å². The first-order valence-electron chi connectivity index (χ1n) is 6.74. The molecule has 1 aliphatic rings. The summed E-state index contributed by atoms with van der Waals surface area (Å²) in [7, 11) is -3.69. The Bertz CT molecular complexity index is 649. The van der Waals surface area contributed by atoms with Gasteiger partial charge in [-0.3, -0.25) is 0 Å². The molecule has 1 N–H and O–H groups in total. The molecule has 1 aromatic rings. The molecule has 2 atom stereocenters. The van der Waals surface area contributed by atoms with Gasteiger partial charge in [0.2, 0.25) is 10.0 Å². The van der Waals surface area contributed by atoms with Crippen LogP contribution in [0.25, 0.3) is 0 Å². The van der Waals surface area contributed by atoms with Crippen molar-refractivity contribution in [2.45, 2.75) is 25.2 Å². The molecule has 0 radical (unpaired) electrons. The molecule has 1 heterocycles. The lowest BCUT2D eigenvalue weighted by Crippen LogP contribution is -2.42. The maximum atomic E-state index is 12.7. The molecule has 1 fully saturated rings. The molecular formula is C14H18ClNO4S. The van der Waals surface area contributed by atoms with Crippen molar-refractivity contribution in [3.05, 3.63) is 28.8 Å². The van der Waals surface area contributed by atoms with Gasteiger partial charge in [0.05, 0.1) is 15.5 Å². The number of nitrogens with zero attached hydrogens (tertiary/aromatic N) is 1. The van der Waals surface area contributed by atoms with Gasteiger partial charge in [0.25, 0.3) is 0 Å². The van der Waals surface area contributed by atoms with E-state index in [1.807, 2.05) is 13.8 Å². The first-order chi connectivity index (χ1) is 9.71. The molecule has 2 rings (SSSR count). The standard InChI is InChI=1S/C14H18ClNO4S/c1-9-5-10(2)8-16(7-9)21(19,20)11-3-4-13(15)12(6-11)14(17)18/h3-4,6,9-10H,5,7-8H2,1-2H3,(H,17,18)/t9-,10-/m1/s1. The molecule has 0 spiro atoms. The third-order valence-electron chi connectivity index (χ3n) is 3.64. The molecule has 21 heavy (non-hydrogen) atoms. The number of carboxylic acids is 1. The van der Waals surface area contributed by atoms with Gasteiger partial charge in [-0.2, -0.15) is 4.31 Å². The molecule has 7 heteroatoms. The minimum Gasteiger partial charge on any atom is -0.478 e. The smallest absolute Gasteiger partial charge is 0.337 e. The van der Waals surface area contributed by atoms with Crippen molar-refractivity contribution < 1.29 is 18.3 Å². The molecule has 1 aliphatic heterocycles. The average molecular weight is 332 g/mol. The normalized spacial score (nSPS) is 24.0. The Balaban J connectivity index is 2.40. The van der Waals surface area contributed by atoms with Crippen molar-refractivity contribution >= 4 is 27.6 Å². The molecule has 116 valence electrons. The first kappa shape index (κ1) is 16.3. The van der Waals surface area contributed by atoms with Crippen LogP contribution in [0.3, 0.4) is 0 Å². The van der Waals surface area contributed by atoms with Crippen LogP contribution in [0.4, 0.5) is 0 Å². The van der Waals surface area contributed by atoms with Gasteiger partial charge in [-0.25, -0.2) is 13.2 Å². The monoisotopic (exact) mass is 331 g/mol. The molecule has 0 bridgehead atoms. The first-order valence-corrected chi connectivity index (χ1v) is 8.56. The van der Waals surface area contributed by atoms with Gasteiger partial charge in [-0.05, 0) is 36.5 Å². The zero-order valence-electron chi connectivity index (χ0n) is 11.9. The molecule has 1 aromatic carbocycles. The molecule has 5 nitrogen and oxygen atoms in total. The van der Waals surface area contributed by atoms with Gasteiger partial charge in [0.1, 0.15) is 0 Å². The van der Waals surface area contributed by atoms with Gasteiger partial charge in [0, 0.05) is 13.1 Å². The summed E-state index contributed by atoms with van der Waals surface area (Å²) in [6.07, 6.45) is 0.993. The number of sulfonamides is 1. The van der Waals surface area contributed by atoms with Gasteiger partial charge in [-0.1, -0.05) is 25.4 Å². The number of hydrogen-bond donors (Lipinski definition) is 1. The van der Waals surface area contributed by atoms with Gasteiger partial charge >= 0.3 is 5.97 Å². The SMILES string of the molecule is C[C@@H]1C[C@@H](C)CN(S(=O)(=O)c2ccc(Cl)c(C(=O)O)c2)C1. The number of piperidine rings is 1. The Morgan fingerprint density at radius 2 is 1.86 bits per heavy atom. The topological polar surface area (TPSA) is 74.7 Å². The predicted molar refractivity (Wildman–Crippen MR) is 80.1 cm³/mol. The number of rotatable bonds is 3. The molecular weight excluding hydrogens is 314 g/mol. The van der Waals surface area contributed by atoms with Crippen LogP contribution in [-0.4, -0.2) is 36.9 Å². The third kappa shape index (κ3) is 3.39. The fourth-order valence-corrected chi connectivity index (χ4v) is 4.68. The summed E-state index contributed by atoms with van der Waals surface area (Å²) in [6.45, 7) is 4.95. The zero-order valence-corrected chi connectivity index (χ0v) is 13.5. The van der Waals surface area contributed by atoms with Crippen LogP contribution in [0, 0.1) is 11.8 Å². The third-order valence-corrected chi connectivity index (χ3v) is 5.80. The fraction of sp³-hybridized carbons (Fsp3) is 0.500. The van der Waals surface area contributed by atoms with Gasteiger partial charge in [-0.15, -0.1) is 0 Å². The highest BCUT2D eigenvalue weighted by atomic mass is 35.5. The van der Waals surface area contributed by atoms with E-state index in [0.29, 0.717) is 13.1 Å². The van der Waals surface area contributed by atoms with E-state index in [-0.39, 0.29) is 27.3 Å². The largest absolute Gasteiger partial charge is 0.478 e. The summed E-state index contributed by atoms with van der Waals surface area (Å²) in [5.74, 6) is -0.665. The minimum atomic E-state index is -3.69.